The topological polar surface area (TPSA) is 26.0 Å². The third-order valence-corrected chi connectivity index (χ3v) is 3.45. The molecular weight excluding hydrogens is 300 g/mol. The fourth-order valence-electron chi connectivity index (χ4n) is 1.76. The summed E-state index contributed by atoms with van der Waals surface area (Å²) in [5.41, 5.74) is 8.20. The molecule has 0 saturated heterocycles. The lowest BCUT2D eigenvalue weighted by atomic mass is 9.98. The molecule has 0 aliphatic heterocycles. The van der Waals surface area contributed by atoms with Crippen LogP contribution >= 0.6 is 15.9 Å². The summed E-state index contributed by atoms with van der Waals surface area (Å²) in [6.45, 7) is 1.69. The van der Waals surface area contributed by atoms with Crippen molar-refractivity contribution >= 4 is 15.9 Å². The van der Waals surface area contributed by atoms with Crippen LogP contribution in [0.2, 0.25) is 0 Å². The lowest BCUT2D eigenvalue weighted by molar-refractivity contribution is 0.616. The van der Waals surface area contributed by atoms with Crippen molar-refractivity contribution in [2.75, 3.05) is 0 Å². The van der Waals surface area contributed by atoms with E-state index in [1.807, 2.05) is 0 Å². The fourth-order valence-corrected chi connectivity index (χ4v) is 2.16. The first-order valence-electron chi connectivity index (χ1n) is 5.45. The van der Waals surface area contributed by atoms with Gasteiger partial charge in [-0.15, -0.1) is 0 Å². The summed E-state index contributed by atoms with van der Waals surface area (Å²) in [7, 11) is 0. The third kappa shape index (κ3) is 2.60. The van der Waals surface area contributed by atoms with Crippen molar-refractivity contribution < 1.29 is 8.78 Å². The maximum atomic E-state index is 13.2. The molecule has 1 nitrogen and oxygen atoms in total. The summed E-state index contributed by atoms with van der Waals surface area (Å²) in [5.74, 6) is -0.590. The molecule has 18 heavy (non-hydrogen) atoms. The van der Waals surface area contributed by atoms with Crippen molar-refractivity contribution in [1.82, 2.24) is 0 Å². The van der Waals surface area contributed by atoms with Gasteiger partial charge >= 0.3 is 0 Å². The van der Waals surface area contributed by atoms with E-state index in [1.165, 1.54) is 12.1 Å². The second kappa shape index (κ2) is 5.16. The van der Waals surface area contributed by atoms with E-state index in [0.29, 0.717) is 10.0 Å². The van der Waals surface area contributed by atoms with Crippen molar-refractivity contribution in [3.8, 4) is 0 Å². The van der Waals surface area contributed by atoms with Crippen molar-refractivity contribution in [3.05, 3.63) is 69.2 Å². The van der Waals surface area contributed by atoms with Crippen LogP contribution in [-0.2, 0) is 0 Å². The lowest BCUT2D eigenvalue weighted by Gasteiger charge is -2.14. The Bertz CT molecular complexity index is 533. The number of rotatable bonds is 2. The molecule has 0 aromatic heterocycles. The molecule has 0 radical (unpaired) electrons. The van der Waals surface area contributed by atoms with Crippen LogP contribution in [0.3, 0.4) is 0 Å². The molecule has 1 atom stereocenters. The van der Waals surface area contributed by atoms with Crippen LogP contribution in [0.5, 0.6) is 0 Å². The molecule has 2 aromatic carbocycles. The largest absolute Gasteiger partial charge is 0.320 e. The number of hydrogen-bond donors (Lipinski definition) is 1. The second-order valence-corrected chi connectivity index (χ2v) is 5.01. The summed E-state index contributed by atoms with van der Waals surface area (Å²) >= 11 is 3.12. The molecule has 0 amide bonds. The van der Waals surface area contributed by atoms with Crippen LogP contribution in [0.15, 0.2) is 40.9 Å². The lowest BCUT2D eigenvalue weighted by Crippen LogP contribution is -2.12. The highest BCUT2D eigenvalue weighted by atomic mass is 79.9. The molecule has 0 heterocycles. The van der Waals surface area contributed by atoms with E-state index in [4.69, 9.17) is 5.73 Å². The molecule has 0 fully saturated rings. The number of hydrogen-bond acceptors (Lipinski definition) is 1. The normalized spacial score (nSPS) is 12.5. The van der Waals surface area contributed by atoms with E-state index in [9.17, 15) is 8.78 Å². The SMILES string of the molecule is Cc1cc(C(N)c2ccc(F)c(Br)c2)ccc1F. The Morgan fingerprint density at radius 2 is 1.56 bits per heavy atom. The summed E-state index contributed by atoms with van der Waals surface area (Å²) in [5, 5.41) is 0. The van der Waals surface area contributed by atoms with Crippen LogP contribution in [0.4, 0.5) is 8.78 Å². The van der Waals surface area contributed by atoms with E-state index < -0.39 is 6.04 Å². The maximum Gasteiger partial charge on any atom is 0.137 e. The van der Waals surface area contributed by atoms with Gasteiger partial charge in [0.25, 0.3) is 0 Å². The predicted molar refractivity (Wildman–Crippen MR) is 71.3 cm³/mol. The van der Waals surface area contributed by atoms with Gasteiger partial charge in [0.2, 0.25) is 0 Å². The number of aryl methyl sites for hydroxylation is 1. The van der Waals surface area contributed by atoms with Crippen LogP contribution in [0.1, 0.15) is 22.7 Å². The minimum Gasteiger partial charge on any atom is -0.320 e. The quantitative estimate of drug-likeness (QED) is 0.888. The highest BCUT2D eigenvalue weighted by Crippen LogP contribution is 2.25. The van der Waals surface area contributed by atoms with Gasteiger partial charge in [-0.05, 0) is 57.7 Å². The van der Waals surface area contributed by atoms with Gasteiger partial charge < -0.3 is 5.73 Å². The number of nitrogens with two attached hydrogens (primary N) is 1. The Labute approximate surface area is 113 Å². The van der Waals surface area contributed by atoms with Crippen LogP contribution in [-0.4, -0.2) is 0 Å². The summed E-state index contributed by atoms with van der Waals surface area (Å²) < 4.78 is 26.7. The average molecular weight is 312 g/mol. The van der Waals surface area contributed by atoms with Gasteiger partial charge in [0.15, 0.2) is 0 Å². The van der Waals surface area contributed by atoms with E-state index in [0.717, 1.165) is 11.1 Å². The number of halogens is 3. The summed E-state index contributed by atoms with van der Waals surface area (Å²) in [6, 6.07) is 8.96. The van der Waals surface area contributed by atoms with Crippen molar-refractivity contribution in [2.45, 2.75) is 13.0 Å². The van der Waals surface area contributed by atoms with Gasteiger partial charge in [0.05, 0.1) is 10.5 Å². The third-order valence-electron chi connectivity index (χ3n) is 2.84. The predicted octanol–water partition coefficient (Wildman–Crippen LogP) is 4.08. The Hall–Kier alpha value is -1.26. The van der Waals surface area contributed by atoms with Crippen LogP contribution in [0, 0.1) is 18.6 Å². The molecule has 94 valence electrons. The first kappa shape index (κ1) is 13.2. The molecule has 4 heteroatoms. The van der Waals surface area contributed by atoms with Gasteiger partial charge in [-0.25, -0.2) is 8.78 Å². The van der Waals surface area contributed by atoms with Crippen molar-refractivity contribution in [2.24, 2.45) is 5.73 Å². The highest BCUT2D eigenvalue weighted by Gasteiger charge is 2.12. The monoisotopic (exact) mass is 311 g/mol. The highest BCUT2D eigenvalue weighted by molar-refractivity contribution is 9.10. The second-order valence-electron chi connectivity index (χ2n) is 4.16. The first-order valence-corrected chi connectivity index (χ1v) is 6.25. The molecule has 2 aromatic rings. The molecule has 2 N–H and O–H groups in total. The fraction of sp³-hybridized carbons (Fsp3) is 0.143. The zero-order valence-corrected chi connectivity index (χ0v) is 11.3. The Morgan fingerprint density at radius 1 is 1.00 bits per heavy atom. The molecule has 0 spiro atoms. The van der Waals surface area contributed by atoms with Gasteiger partial charge in [0, 0.05) is 0 Å². The Morgan fingerprint density at radius 3 is 2.11 bits per heavy atom. The zero-order chi connectivity index (χ0) is 13.3. The van der Waals surface area contributed by atoms with Crippen molar-refractivity contribution in [3.63, 3.8) is 0 Å². The van der Waals surface area contributed by atoms with Gasteiger partial charge in [-0.1, -0.05) is 18.2 Å². The molecule has 0 bridgehead atoms. The number of benzene rings is 2. The maximum absolute atomic E-state index is 13.2. The smallest absolute Gasteiger partial charge is 0.137 e. The zero-order valence-electron chi connectivity index (χ0n) is 9.75. The van der Waals surface area contributed by atoms with Crippen molar-refractivity contribution in [1.29, 1.82) is 0 Å². The molecule has 0 aliphatic rings. The van der Waals surface area contributed by atoms with E-state index in [2.05, 4.69) is 15.9 Å². The molecular formula is C14H12BrF2N. The molecule has 1 unspecified atom stereocenters. The Balaban J connectivity index is 2.37. The van der Waals surface area contributed by atoms with Crippen LogP contribution in [0.25, 0.3) is 0 Å². The summed E-state index contributed by atoms with van der Waals surface area (Å²) in [4.78, 5) is 0. The van der Waals surface area contributed by atoms with Gasteiger partial charge in [-0.3, -0.25) is 0 Å². The minimum absolute atomic E-state index is 0.258. The first-order chi connectivity index (χ1) is 8.49. The van der Waals surface area contributed by atoms with Crippen LogP contribution < -0.4 is 5.73 Å². The minimum atomic E-state index is -0.402. The van der Waals surface area contributed by atoms with E-state index in [-0.39, 0.29) is 11.6 Å². The molecule has 0 saturated carbocycles. The molecule has 2 rings (SSSR count). The standard InChI is InChI=1S/C14H12BrF2N/c1-8-6-9(2-4-12(8)16)14(18)10-3-5-13(17)11(15)7-10/h2-7,14H,18H2,1H3. The Kier molecular flexibility index (Phi) is 3.78. The van der Waals surface area contributed by atoms with Gasteiger partial charge in [-0.2, -0.15) is 0 Å². The molecule has 0 aliphatic carbocycles. The van der Waals surface area contributed by atoms with E-state index >= 15 is 0 Å². The summed E-state index contributed by atoms with van der Waals surface area (Å²) in [6.07, 6.45) is 0. The van der Waals surface area contributed by atoms with E-state index in [1.54, 1.807) is 31.2 Å². The average Bonchev–Trinajstić information content (AvgIpc) is 2.35. The van der Waals surface area contributed by atoms with Gasteiger partial charge in [0.1, 0.15) is 11.6 Å².